The maximum atomic E-state index is 12.7. The van der Waals surface area contributed by atoms with Gasteiger partial charge in [-0.05, 0) is 30.9 Å². The molecule has 0 aliphatic carbocycles. The van der Waals surface area contributed by atoms with Gasteiger partial charge >= 0.3 is 0 Å². The third-order valence-corrected chi connectivity index (χ3v) is 4.19. The molecule has 1 heterocycles. The van der Waals surface area contributed by atoms with Crippen molar-refractivity contribution in [1.82, 2.24) is 0 Å². The van der Waals surface area contributed by atoms with E-state index in [2.05, 4.69) is 20.8 Å². The number of hydrogen-bond donors (Lipinski definition) is 1. The predicted octanol–water partition coefficient (Wildman–Crippen LogP) is 2.54. The maximum Gasteiger partial charge on any atom is 0.253 e. The fourth-order valence-corrected chi connectivity index (χ4v) is 2.76. The second-order valence-electron chi connectivity index (χ2n) is 6.48. The van der Waals surface area contributed by atoms with Crippen LogP contribution < -0.4 is 15.5 Å². The van der Waals surface area contributed by atoms with Gasteiger partial charge in [0.15, 0.2) is 6.04 Å². The van der Waals surface area contributed by atoms with Crippen molar-refractivity contribution in [1.29, 1.82) is 0 Å². The molecule has 0 spiro atoms. The van der Waals surface area contributed by atoms with Gasteiger partial charge in [-0.2, -0.15) is 0 Å². The zero-order valence-electron chi connectivity index (χ0n) is 14.3. The van der Waals surface area contributed by atoms with Crippen molar-refractivity contribution < 1.29 is 9.59 Å². The molecule has 126 valence electrons. The first kappa shape index (κ1) is 17.5. The Kier molecular flexibility index (Phi) is 5.77. The quantitative estimate of drug-likeness (QED) is 0.820. The second kappa shape index (κ2) is 7.59. The van der Waals surface area contributed by atoms with Gasteiger partial charge in [-0.1, -0.05) is 39.3 Å². The average molecular weight is 317 g/mol. The highest BCUT2D eigenvalue weighted by Gasteiger charge is 2.37. The normalized spacial score (nSPS) is 18.4. The molecule has 2 amide bonds. The van der Waals surface area contributed by atoms with E-state index in [0.717, 1.165) is 30.6 Å². The molecule has 1 aromatic rings. The van der Waals surface area contributed by atoms with Crippen LogP contribution in [0.15, 0.2) is 24.3 Å². The monoisotopic (exact) mass is 317 g/mol. The second-order valence-corrected chi connectivity index (χ2v) is 6.48. The van der Waals surface area contributed by atoms with Gasteiger partial charge in [-0.15, -0.1) is 0 Å². The summed E-state index contributed by atoms with van der Waals surface area (Å²) in [5.74, 6) is -0.133. The number of carbonyl (C=O) groups is 2. The summed E-state index contributed by atoms with van der Waals surface area (Å²) in [6, 6.07) is 6.47. The Labute approximate surface area is 138 Å². The molecule has 0 radical (unpaired) electrons. The molecule has 0 aromatic heterocycles. The van der Waals surface area contributed by atoms with Crippen molar-refractivity contribution in [2.75, 3.05) is 22.9 Å². The van der Waals surface area contributed by atoms with Crippen LogP contribution in [0.25, 0.3) is 0 Å². The summed E-state index contributed by atoms with van der Waals surface area (Å²) in [5, 5.41) is 0. The minimum atomic E-state index is -1.12. The lowest BCUT2D eigenvalue weighted by Crippen LogP contribution is -2.51. The lowest BCUT2D eigenvalue weighted by atomic mass is 10.1. The summed E-state index contributed by atoms with van der Waals surface area (Å²) in [4.78, 5) is 28.7. The highest BCUT2D eigenvalue weighted by Crippen LogP contribution is 2.33. The average Bonchev–Trinajstić information content (AvgIpc) is 2.61. The Bertz CT molecular complexity index is 571. The van der Waals surface area contributed by atoms with Crippen molar-refractivity contribution in [3.05, 3.63) is 24.3 Å². The van der Waals surface area contributed by atoms with Crippen LogP contribution in [0, 0.1) is 5.92 Å². The van der Waals surface area contributed by atoms with Crippen LogP contribution in [0.4, 0.5) is 11.4 Å². The Morgan fingerprint density at radius 2 is 1.57 bits per heavy atom. The lowest BCUT2D eigenvalue weighted by Gasteiger charge is -2.25. The molecule has 2 N–H and O–H groups in total. The van der Waals surface area contributed by atoms with Crippen LogP contribution in [0.2, 0.25) is 0 Å². The first-order valence-electron chi connectivity index (χ1n) is 8.44. The predicted molar refractivity (Wildman–Crippen MR) is 93.5 cm³/mol. The van der Waals surface area contributed by atoms with Crippen LogP contribution in [0.1, 0.15) is 40.0 Å². The number of unbranched alkanes of at least 4 members (excludes halogenated alkanes) is 1. The topological polar surface area (TPSA) is 66.6 Å². The minimum absolute atomic E-state index is 0.303. The van der Waals surface area contributed by atoms with Gasteiger partial charge in [0.05, 0.1) is 11.4 Å². The maximum absolute atomic E-state index is 12.7. The van der Waals surface area contributed by atoms with Gasteiger partial charge < -0.3 is 15.5 Å². The molecule has 1 aromatic carbocycles. The third kappa shape index (κ3) is 3.72. The fraction of sp³-hybridized carbons (Fsp3) is 0.556. The van der Waals surface area contributed by atoms with E-state index in [1.807, 2.05) is 24.3 Å². The van der Waals surface area contributed by atoms with E-state index in [4.69, 9.17) is 5.73 Å². The lowest BCUT2D eigenvalue weighted by molar-refractivity contribution is -0.128. The van der Waals surface area contributed by atoms with E-state index in [0.29, 0.717) is 19.0 Å². The molecule has 23 heavy (non-hydrogen) atoms. The minimum Gasteiger partial charge on any atom is -0.312 e. The Morgan fingerprint density at radius 1 is 1.04 bits per heavy atom. The van der Waals surface area contributed by atoms with E-state index < -0.39 is 6.04 Å². The highest BCUT2D eigenvalue weighted by molar-refractivity contribution is 6.20. The highest BCUT2D eigenvalue weighted by atomic mass is 16.2. The van der Waals surface area contributed by atoms with E-state index in [-0.39, 0.29) is 11.8 Å². The summed E-state index contributed by atoms with van der Waals surface area (Å²) < 4.78 is 0. The zero-order valence-corrected chi connectivity index (χ0v) is 14.3. The molecule has 5 nitrogen and oxygen atoms in total. The number of benzene rings is 1. The van der Waals surface area contributed by atoms with Gasteiger partial charge in [0, 0.05) is 13.1 Å². The molecule has 1 aliphatic heterocycles. The Morgan fingerprint density at radius 3 is 2.04 bits per heavy atom. The number of carbonyl (C=O) groups excluding carboxylic acids is 2. The molecule has 2 rings (SSSR count). The van der Waals surface area contributed by atoms with Gasteiger partial charge in [0.1, 0.15) is 0 Å². The number of fused-ring (bicyclic) bond motifs is 1. The molecule has 1 unspecified atom stereocenters. The molecule has 0 saturated heterocycles. The van der Waals surface area contributed by atoms with Crippen molar-refractivity contribution in [3.8, 4) is 0 Å². The van der Waals surface area contributed by atoms with Crippen LogP contribution in [-0.4, -0.2) is 30.9 Å². The number of hydrogen-bond acceptors (Lipinski definition) is 3. The van der Waals surface area contributed by atoms with Crippen LogP contribution in [0.3, 0.4) is 0 Å². The molecular weight excluding hydrogens is 290 g/mol. The van der Waals surface area contributed by atoms with E-state index in [9.17, 15) is 9.59 Å². The molecular formula is C18H27N3O2. The smallest absolute Gasteiger partial charge is 0.253 e. The number of nitrogens with two attached hydrogens (primary N) is 1. The number of anilines is 2. The van der Waals surface area contributed by atoms with Crippen LogP contribution >= 0.6 is 0 Å². The van der Waals surface area contributed by atoms with E-state index in [1.54, 1.807) is 9.80 Å². The summed E-state index contributed by atoms with van der Waals surface area (Å²) in [7, 11) is 0. The van der Waals surface area contributed by atoms with Crippen molar-refractivity contribution in [2.45, 2.75) is 46.1 Å². The molecule has 1 aliphatic rings. The van der Waals surface area contributed by atoms with Gasteiger partial charge in [0.25, 0.3) is 11.8 Å². The number of rotatable bonds is 6. The van der Waals surface area contributed by atoms with Gasteiger partial charge in [-0.25, -0.2) is 0 Å². The van der Waals surface area contributed by atoms with Crippen LogP contribution in [0.5, 0.6) is 0 Å². The Hall–Kier alpha value is -1.88. The van der Waals surface area contributed by atoms with Gasteiger partial charge in [0.2, 0.25) is 0 Å². The summed E-state index contributed by atoms with van der Waals surface area (Å²) >= 11 is 0. The molecule has 1 atom stereocenters. The van der Waals surface area contributed by atoms with Crippen molar-refractivity contribution >= 4 is 23.2 Å². The number of para-hydroxylation sites is 2. The Balaban J connectivity index is 2.44. The van der Waals surface area contributed by atoms with Gasteiger partial charge in [-0.3, -0.25) is 9.59 Å². The van der Waals surface area contributed by atoms with Crippen molar-refractivity contribution in [2.24, 2.45) is 11.7 Å². The largest absolute Gasteiger partial charge is 0.312 e. The third-order valence-electron chi connectivity index (χ3n) is 4.19. The first-order valence-corrected chi connectivity index (χ1v) is 8.44. The number of nitrogens with zero attached hydrogens (tertiary/aromatic N) is 2. The molecule has 5 heteroatoms. The molecule has 0 bridgehead atoms. The molecule has 0 fully saturated rings. The fourth-order valence-electron chi connectivity index (χ4n) is 2.76. The summed E-state index contributed by atoms with van der Waals surface area (Å²) in [6.07, 6.45) is 2.73. The summed E-state index contributed by atoms with van der Waals surface area (Å²) in [5.41, 5.74) is 7.55. The van der Waals surface area contributed by atoms with Crippen LogP contribution in [-0.2, 0) is 9.59 Å². The molecule has 0 saturated carbocycles. The first-order chi connectivity index (χ1) is 11.0. The SMILES string of the molecule is CCCCN1C(=O)C(N)C(=O)N(CCC(C)C)c2ccccc21. The summed E-state index contributed by atoms with van der Waals surface area (Å²) in [6.45, 7) is 7.48. The number of amides is 2. The van der Waals surface area contributed by atoms with Crippen molar-refractivity contribution in [3.63, 3.8) is 0 Å². The van der Waals surface area contributed by atoms with E-state index >= 15 is 0 Å². The standard InChI is InChI=1S/C18H27N3O2/c1-4-5-11-20-14-8-6-7-9-15(14)21(12-10-13(2)3)18(23)16(19)17(20)22/h6-9,13,16H,4-5,10-12,19H2,1-3H3. The zero-order chi connectivity index (χ0) is 17.0. The van der Waals surface area contributed by atoms with E-state index in [1.165, 1.54) is 0 Å².